The highest BCUT2D eigenvalue weighted by molar-refractivity contribution is 6.33. The maximum Gasteiger partial charge on any atom is 0.273 e. The predicted octanol–water partition coefficient (Wildman–Crippen LogP) is 1.65. The molecule has 1 fully saturated rings. The van der Waals surface area contributed by atoms with Gasteiger partial charge in [-0.15, -0.1) is 0 Å². The molecule has 1 aliphatic heterocycles. The summed E-state index contributed by atoms with van der Waals surface area (Å²) in [5.74, 6) is -0.621. The van der Waals surface area contributed by atoms with Crippen LogP contribution in [0, 0.1) is 5.82 Å². The summed E-state index contributed by atoms with van der Waals surface area (Å²) in [6.07, 6.45) is 1.73. The van der Waals surface area contributed by atoms with Gasteiger partial charge >= 0.3 is 0 Å². The lowest BCUT2D eigenvalue weighted by molar-refractivity contribution is -0.123. The Morgan fingerprint density at radius 3 is 2.83 bits per heavy atom. The maximum absolute atomic E-state index is 13.0. The first kappa shape index (κ1) is 16.9. The molecule has 1 saturated heterocycles. The Bertz CT molecular complexity index is 722. The summed E-state index contributed by atoms with van der Waals surface area (Å²) in [4.78, 5) is 14.1. The second kappa shape index (κ2) is 6.88. The van der Waals surface area contributed by atoms with Gasteiger partial charge < -0.3 is 14.7 Å². The van der Waals surface area contributed by atoms with Crippen molar-refractivity contribution in [1.82, 2.24) is 15.1 Å². The number of benzene rings is 1. The Hall–Kier alpha value is -1.96. The van der Waals surface area contributed by atoms with Gasteiger partial charge in [0.15, 0.2) is 0 Å². The topological polar surface area (TPSA) is 78.5 Å². The number of ether oxygens (including phenoxy) is 1. The van der Waals surface area contributed by atoms with Crippen LogP contribution in [0.4, 0.5) is 4.39 Å². The molecule has 1 aromatic carbocycles. The van der Waals surface area contributed by atoms with Crippen molar-refractivity contribution in [2.45, 2.75) is 12.0 Å². The van der Waals surface area contributed by atoms with Crippen LogP contribution >= 0.6 is 11.6 Å². The lowest BCUT2D eigenvalue weighted by atomic mass is 9.93. The summed E-state index contributed by atoms with van der Waals surface area (Å²) in [7, 11) is 0. The largest absolute Gasteiger partial charge is 0.393 e. The number of amides is 1. The number of carbonyl (C=O) groups excluding carboxylic acids is 1. The van der Waals surface area contributed by atoms with Crippen LogP contribution in [-0.2, 0) is 11.2 Å². The molecule has 0 spiro atoms. The third kappa shape index (κ3) is 3.43. The smallest absolute Gasteiger partial charge is 0.273 e. The van der Waals surface area contributed by atoms with Crippen molar-refractivity contribution < 1.29 is 19.0 Å². The highest BCUT2D eigenvalue weighted by Crippen LogP contribution is 2.25. The summed E-state index contributed by atoms with van der Waals surface area (Å²) in [5, 5.41) is 16.4. The fraction of sp³-hybridized carbons (Fsp3) is 0.375. The fourth-order valence-corrected chi connectivity index (χ4v) is 3.00. The monoisotopic (exact) mass is 353 g/mol. The molecule has 0 bridgehead atoms. The standard InChI is InChI=1S/C16H17ClFN3O3/c17-13-8-19-20-14(13)15(23)21-5-6-24-16(9-21,10-22)7-11-1-3-12(18)4-2-11/h1-4,8,22H,5-7,9-10H2,(H,19,20)/t16-/m1/s1. The van der Waals surface area contributed by atoms with Crippen LogP contribution in [0.5, 0.6) is 0 Å². The Balaban J connectivity index is 1.77. The number of hydrogen-bond donors (Lipinski definition) is 2. The van der Waals surface area contributed by atoms with Gasteiger partial charge in [-0.3, -0.25) is 9.89 Å². The zero-order chi connectivity index (χ0) is 17.2. The van der Waals surface area contributed by atoms with E-state index in [1.54, 1.807) is 17.0 Å². The predicted molar refractivity (Wildman–Crippen MR) is 85.4 cm³/mol. The van der Waals surface area contributed by atoms with Gasteiger partial charge in [0.1, 0.15) is 17.1 Å². The molecule has 1 atom stereocenters. The average molecular weight is 354 g/mol. The minimum Gasteiger partial charge on any atom is -0.393 e. The highest BCUT2D eigenvalue weighted by Gasteiger charge is 2.39. The summed E-state index contributed by atoms with van der Waals surface area (Å²) in [6, 6.07) is 6.00. The van der Waals surface area contributed by atoms with E-state index in [1.165, 1.54) is 18.3 Å². The second-order valence-electron chi connectivity index (χ2n) is 5.81. The van der Waals surface area contributed by atoms with E-state index < -0.39 is 5.60 Å². The number of carbonyl (C=O) groups is 1. The van der Waals surface area contributed by atoms with Gasteiger partial charge in [0.25, 0.3) is 5.91 Å². The molecule has 0 unspecified atom stereocenters. The van der Waals surface area contributed by atoms with Crippen molar-refractivity contribution >= 4 is 17.5 Å². The highest BCUT2D eigenvalue weighted by atomic mass is 35.5. The zero-order valence-corrected chi connectivity index (χ0v) is 13.6. The third-order valence-corrected chi connectivity index (χ3v) is 4.36. The number of aliphatic hydroxyl groups is 1. The first-order valence-corrected chi connectivity index (χ1v) is 7.88. The summed E-state index contributed by atoms with van der Waals surface area (Å²) in [5.41, 5.74) is 0.102. The molecule has 2 heterocycles. The number of hydrogen-bond acceptors (Lipinski definition) is 4. The van der Waals surface area contributed by atoms with E-state index in [-0.39, 0.29) is 35.6 Å². The lowest BCUT2D eigenvalue weighted by Gasteiger charge is -2.41. The normalized spacial score (nSPS) is 21.0. The third-order valence-electron chi connectivity index (χ3n) is 4.07. The molecule has 1 aromatic heterocycles. The van der Waals surface area contributed by atoms with E-state index in [2.05, 4.69) is 10.2 Å². The van der Waals surface area contributed by atoms with Crippen LogP contribution < -0.4 is 0 Å². The van der Waals surface area contributed by atoms with E-state index in [0.29, 0.717) is 19.6 Å². The molecular weight excluding hydrogens is 337 g/mol. The average Bonchev–Trinajstić information content (AvgIpc) is 3.02. The van der Waals surface area contributed by atoms with E-state index in [1.807, 2.05) is 0 Å². The lowest BCUT2D eigenvalue weighted by Crippen LogP contribution is -2.56. The molecule has 0 saturated carbocycles. The van der Waals surface area contributed by atoms with Crippen molar-refractivity contribution in [3.8, 4) is 0 Å². The number of rotatable bonds is 4. The SMILES string of the molecule is O=C(c1[nH]ncc1Cl)N1CCO[C@](CO)(Cc2ccc(F)cc2)C1. The van der Waals surface area contributed by atoms with Crippen molar-refractivity contribution in [3.05, 3.63) is 52.6 Å². The Morgan fingerprint density at radius 1 is 1.46 bits per heavy atom. The number of nitrogens with zero attached hydrogens (tertiary/aromatic N) is 2. The summed E-state index contributed by atoms with van der Waals surface area (Å²) >= 11 is 5.95. The molecule has 0 radical (unpaired) electrons. The summed E-state index contributed by atoms with van der Waals surface area (Å²) < 4.78 is 18.8. The molecule has 1 amide bonds. The fourth-order valence-electron chi connectivity index (χ4n) is 2.83. The van der Waals surface area contributed by atoms with Gasteiger partial charge in [0, 0.05) is 13.0 Å². The van der Waals surface area contributed by atoms with E-state index in [9.17, 15) is 14.3 Å². The number of H-pyrrole nitrogens is 1. The van der Waals surface area contributed by atoms with Gasteiger partial charge in [-0.25, -0.2) is 4.39 Å². The van der Waals surface area contributed by atoms with Crippen LogP contribution in [0.25, 0.3) is 0 Å². The van der Waals surface area contributed by atoms with Gasteiger partial charge in [0.2, 0.25) is 0 Å². The van der Waals surface area contributed by atoms with Gasteiger partial charge in [-0.1, -0.05) is 23.7 Å². The molecule has 6 nitrogen and oxygen atoms in total. The summed E-state index contributed by atoms with van der Waals surface area (Å²) in [6.45, 7) is 0.624. The molecule has 8 heteroatoms. The number of aromatic nitrogens is 2. The van der Waals surface area contributed by atoms with Crippen molar-refractivity contribution in [2.24, 2.45) is 0 Å². The Labute approximate surface area is 143 Å². The molecule has 2 aromatic rings. The molecule has 24 heavy (non-hydrogen) atoms. The van der Waals surface area contributed by atoms with Crippen molar-refractivity contribution in [3.63, 3.8) is 0 Å². The van der Waals surface area contributed by atoms with Gasteiger partial charge in [-0.2, -0.15) is 5.10 Å². The zero-order valence-electron chi connectivity index (χ0n) is 12.8. The van der Waals surface area contributed by atoms with E-state index in [0.717, 1.165) is 5.56 Å². The van der Waals surface area contributed by atoms with Crippen LogP contribution in [0.2, 0.25) is 5.02 Å². The first-order valence-electron chi connectivity index (χ1n) is 7.50. The van der Waals surface area contributed by atoms with Gasteiger partial charge in [0.05, 0.1) is 31.0 Å². The maximum atomic E-state index is 13.0. The molecule has 3 rings (SSSR count). The molecular formula is C16H17ClFN3O3. The minimum atomic E-state index is -0.932. The number of aromatic amines is 1. The molecule has 128 valence electrons. The number of halogens is 2. The van der Waals surface area contributed by atoms with E-state index >= 15 is 0 Å². The van der Waals surface area contributed by atoms with Crippen LogP contribution in [0.15, 0.2) is 30.5 Å². The minimum absolute atomic E-state index is 0.203. The molecule has 1 aliphatic rings. The molecule has 2 N–H and O–H groups in total. The Morgan fingerprint density at radius 2 is 2.21 bits per heavy atom. The number of morpholine rings is 1. The second-order valence-corrected chi connectivity index (χ2v) is 6.22. The van der Waals surface area contributed by atoms with Crippen molar-refractivity contribution in [1.29, 1.82) is 0 Å². The van der Waals surface area contributed by atoms with E-state index in [4.69, 9.17) is 16.3 Å². The quantitative estimate of drug-likeness (QED) is 0.876. The van der Waals surface area contributed by atoms with Crippen LogP contribution in [0.1, 0.15) is 16.1 Å². The molecule has 0 aliphatic carbocycles. The van der Waals surface area contributed by atoms with Crippen LogP contribution in [0.3, 0.4) is 0 Å². The number of aliphatic hydroxyl groups excluding tert-OH is 1. The number of nitrogens with one attached hydrogen (secondary N) is 1. The van der Waals surface area contributed by atoms with Crippen molar-refractivity contribution in [2.75, 3.05) is 26.3 Å². The van der Waals surface area contributed by atoms with Gasteiger partial charge in [-0.05, 0) is 17.7 Å². The Kier molecular flexibility index (Phi) is 4.84. The first-order chi connectivity index (χ1) is 11.5. The van der Waals surface area contributed by atoms with Crippen LogP contribution in [-0.4, -0.2) is 58.0 Å².